The maximum absolute atomic E-state index is 13.5. The predicted molar refractivity (Wildman–Crippen MR) is 151 cm³/mol. The van der Waals surface area contributed by atoms with Gasteiger partial charge < -0.3 is 19.5 Å². The van der Waals surface area contributed by atoms with Crippen LogP contribution in [-0.2, 0) is 10.3 Å². The molecule has 1 aromatic heterocycles. The van der Waals surface area contributed by atoms with Crippen molar-refractivity contribution in [2.75, 3.05) is 38.0 Å². The van der Waals surface area contributed by atoms with Crippen molar-refractivity contribution in [2.24, 2.45) is 0 Å². The number of hydrogen-bond acceptors (Lipinski definition) is 4. The largest absolute Gasteiger partial charge is 0.440 e. The van der Waals surface area contributed by atoms with Crippen LogP contribution in [0.3, 0.4) is 0 Å². The molecule has 5 heteroatoms. The maximum atomic E-state index is 13.5. The van der Waals surface area contributed by atoms with Crippen molar-refractivity contribution in [3.05, 3.63) is 119 Å². The van der Waals surface area contributed by atoms with Crippen molar-refractivity contribution in [3.8, 4) is 11.3 Å². The Balaban J connectivity index is 1.79. The van der Waals surface area contributed by atoms with Crippen LogP contribution in [0, 0.1) is 0 Å². The molecule has 0 bridgehead atoms. The van der Waals surface area contributed by atoms with Crippen LogP contribution < -0.4 is 9.80 Å². The molecule has 0 radical (unpaired) electrons. The van der Waals surface area contributed by atoms with E-state index >= 15 is 0 Å². The lowest BCUT2D eigenvalue weighted by molar-refractivity contribution is 0.0259. The van der Waals surface area contributed by atoms with E-state index in [1.165, 1.54) is 0 Å². The molecule has 4 aromatic carbocycles. The van der Waals surface area contributed by atoms with E-state index in [1.807, 2.05) is 82.8 Å². The molecule has 0 saturated heterocycles. The Labute approximate surface area is 216 Å². The predicted octanol–water partition coefficient (Wildman–Crippen LogP) is 6.43. The van der Waals surface area contributed by atoms with Crippen LogP contribution in [-0.4, -0.2) is 39.1 Å². The second-order valence-electron chi connectivity index (χ2n) is 9.89. The summed E-state index contributed by atoms with van der Waals surface area (Å²) in [4.78, 5) is 21.4. The van der Waals surface area contributed by atoms with E-state index in [-0.39, 0.29) is 5.97 Å². The van der Waals surface area contributed by atoms with Crippen LogP contribution in [0.4, 0.5) is 11.4 Å². The average Bonchev–Trinajstić information content (AvgIpc) is 3.45. The third-order valence-corrected chi connectivity index (χ3v) is 7.25. The van der Waals surface area contributed by atoms with Gasteiger partial charge in [0.2, 0.25) is 0 Å². The van der Waals surface area contributed by atoms with Gasteiger partial charge in [0.05, 0.1) is 11.3 Å². The normalized spacial score (nSPS) is 16.5. The van der Waals surface area contributed by atoms with Gasteiger partial charge in [0, 0.05) is 67.2 Å². The Bertz CT molecular complexity index is 1640. The number of hydrogen-bond donors (Lipinski definition) is 1. The quantitative estimate of drug-likeness (QED) is 0.290. The Morgan fingerprint density at radius 2 is 1.43 bits per heavy atom. The van der Waals surface area contributed by atoms with E-state index in [1.54, 1.807) is 0 Å². The molecule has 0 amide bonds. The Morgan fingerprint density at radius 1 is 0.730 bits per heavy atom. The number of ether oxygens (including phenoxy) is 1. The highest BCUT2D eigenvalue weighted by Crippen LogP contribution is 2.54. The number of para-hydroxylation sites is 1. The Morgan fingerprint density at radius 3 is 2.19 bits per heavy atom. The van der Waals surface area contributed by atoms with Gasteiger partial charge in [-0.1, -0.05) is 72.8 Å². The van der Waals surface area contributed by atoms with E-state index in [4.69, 9.17) is 4.74 Å². The number of H-pyrrole nitrogens is 1. The van der Waals surface area contributed by atoms with Gasteiger partial charge in [0.25, 0.3) is 0 Å². The molecule has 0 aliphatic carbocycles. The zero-order valence-electron chi connectivity index (χ0n) is 21.4. The van der Waals surface area contributed by atoms with Gasteiger partial charge in [-0.15, -0.1) is 0 Å². The smallest absolute Gasteiger partial charge is 0.340 e. The molecule has 1 N–H and O–H groups in total. The first-order valence-electron chi connectivity index (χ1n) is 12.4. The first-order valence-corrected chi connectivity index (χ1v) is 12.4. The zero-order chi connectivity index (χ0) is 25.7. The maximum Gasteiger partial charge on any atom is 0.340 e. The SMILES string of the molecule is CN(C)c1ccc(C2(c3c(-c4ccccc4)[nH]c4ccccc34)OC(=O)c3ccccc32)c(N(C)C)c1. The van der Waals surface area contributed by atoms with Crippen LogP contribution in [0.1, 0.15) is 27.0 Å². The van der Waals surface area contributed by atoms with Gasteiger partial charge in [0.1, 0.15) is 0 Å². The van der Waals surface area contributed by atoms with Crippen molar-refractivity contribution in [2.45, 2.75) is 5.60 Å². The summed E-state index contributed by atoms with van der Waals surface area (Å²) in [6.07, 6.45) is 0. The van der Waals surface area contributed by atoms with Gasteiger partial charge >= 0.3 is 5.97 Å². The van der Waals surface area contributed by atoms with Crippen LogP contribution in [0.15, 0.2) is 97.1 Å². The minimum absolute atomic E-state index is 0.318. The lowest BCUT2D eigenvalue weighted by atomic mass is 9.76. The van der Waals surface area contributed by atoms with Gasteiger partial charge in [-0.3, -0.25) is 0 Å². The molecule has 0 spiro atoms. The van der Waals surface area contributed by atoms with Gasteiger partial charge in [0.15, 0.2) is 5.60 Å². The second-order valence-corrected chi connectivity index (χ2v) is 9.89. The summed E-state index contributed by atoms with van der Waals surface area (Å²) in [5, 5.41) is 1.02. The number of benzene rings is 4. The fraction of sp³-hybridized carbons (Fsp3) is 0.156. The van der Waals surface area contributed by atoms with E-state index < -0.39 is 5.60 Å². The molecule has 2 heterocycles. The number of nitrogens with zero attached hydrogens (tertiary/aromatic N) is 2. The summed E-state index contributed by atoms with van der Waals surface area (Å²) in [7, 11) is 8.12. The monoisotopic (exact) mass is 487 g/mol. The number of cyclic esters (lactones) is 1. The number of carbonyl (C=O) groups excluding carboxylic acids is 1. The summed E-state index contributed by atoms with van der Waals surface area (Å²) in [6, 6.07) is 32.6. The van der Waals surface area contributed by atoms with Crippen LogP contribution in [0.25, 0.3) is 22.2 Å². The number of rotatable bonds is 5. The fourth-order valence-corrected chi connectivity index (χ4v) is 5.53. The lowest BCUT2D eigenvalue weighted by Gasteiger charge is -2.34. The topological polar surface area (TPSA) is 48.6 Å². The molecule has 5 nitrogen and oxygen atoms in total. The molecule has 1 unspecified atom stereocenters. The van der Waals surface area contributed by atoms with Crippen molar-refractivity contribution in [1.82, 2.24) is 4.98 Å². The molecular weight excluding hydrogens is 458 g/mol. The van der Waals surface area contributed by atoms with Gasteiger partial charge in [-0.2, -0.15) is 0 Å². The molecule has 184 valence electrons. The number of carbonyl (C=O) groups is 1. The summed E-state index contributed by atoms with van der Waals surface area (Å²) in [6.45, 7) is 0. The second kappa shape index (κ2) is 8.56. The molecule has 0 fully saturated rings. The highest BCUT2D eigenvalue weighted by molar-refractivity contribution is 6.01. The number of fused-ring (bicyclic) bond motifs is 2. The minimum Gasteiger partial charge on any atom is -0.440 e. The molecule has 1 atom stereocenters. The van der Waals surface area contributed by atoms with Crippen molar-refractivity contribution >= 4 is 28.2 Å². The van der Waals surface area contributed by atoms with Crippen LogP contribution >= 0.6 is 0 Å². The third kappa shape index (κ3) is 3.42. The van der Waals surface area contributed by atoms with E-state index in [9.17, 15) is 4.79 Å². The first kappa shape index (κ1) is 22.9. The molecule has 1 aliphatic heterocycles. The minimum atomic E-state index is -1.15. The molecule has 37 heavy (non-hydrogen) atoms. The van der Waals surface area contributed by atoms with Gasteiger partial charge in [-0.05, 0) is 29.8 Å². The van der Waals surface area contributed by atoms with Crippen LogP contribution in [0.2, 0.25) is 0 Å². The Hall–Kier alpha value is -4.51. The number of esters is 1. The highest BCUT2D eigenvalue weighted by Gasteiger charge is 2.52. The van der Waals surface area contributed by atoms with E-state index in [0.29, 0.717) is 5.56 Å². The van der Waals surface area contributed by atoms with Crippen molar-refractivity contribution < 1.29 is 9.53 Å². The first-order chi connectivity index (χ1) is 17.9. The summed E-state index contributed by atoms with van der Waals surface area (Å²) < 4.78 is 6.61. The number of aromatic amines is 1. The van der Waals surface area contributed by atoms with Gasteiger partial charge in [-0.25, -0.2) is 4.79 Å². The molecule has 0 saturated carbocycles. The fourth-order valence-electron chi connectivity index (χ4n) is 5.53. The summed E-state index contributed by atoms with van der Waals surface area (Å²) >= 11 is 0. The summed E-state index contributed by atoms with van der Waals surface area (Å²) in [5.41, 5.74) is 7.17. The molecule has 1 aliphatic rings. The highest BCUT2D eigenvalue weighted by atomic mass is 16.6. The van der Waals surface area contributed by atoms with E-state index in [2.05, 4.69) is 57.2 Å². The van der Waals surface area contributed by atoms with E-state index in [0.717, 1.165) is 50.2 Å². The van der Waals surface area contributed by atoms with Crippen LogP contribution in [0.5, 0.6) is 0 Å². The average molecular weight is 488 g/mol. The standard InChI is InChI=1S/C32H29N3O2/c1-34(2)22-18-19-26(28(20-22)35(3)4)32(25-16-10-8-14-23(25)31(36)37-32)29-24-15-9-11-17-27(24)33-30(29)21-12-6-5-7-13-21/h5-20,33H,1-4H3. The lowest BCUT2D eigenvalue weighted by Crippen LogP contribution is -2.32. The molecule has 5 aromatic rings. The number of anilines is 2. The zero-order valence-corrected chi connectivity index (χ0v) is 21.4. The third-order valence-electron chi connectivity index (χ3n) is 7.25. The number of aromatic nitrogens is 1. The van der Waals surface area contributed by atoms with Crippen molar-refractivity contribution in [1.29, 1.82) is 0 Å². The molecule has 6 rings (SSSR count). The van der Waals surface area contributed by atoms with Crippen molar-refractivity contribution in [3.63, 3.8) is 0 Å². The Kier molecular flexibility index (Phi) is 5.30. The molecular formula is C32H29N3O2. The number of nitrogens with one attached hydrogen (secondary N) is 1. The summed E-state index contributed by atoms with van der Waals surface area (Å²) in [5.74, 6) is -0.318.